The first-order valence-electron chi connectivity index (χ1n) is 7.28. The van der Waals surface area contributed by atoms with Crippen LogP contribution in [0.1, 0.15) is 24.2 Å². The van der Waals surface area contributed by atoms with Crippen LogP contribution in [0.3, 0.4) is 0 Å². The molecule has 1 aromatic rings. The van der Waals surface area contributed by atoms with Crippen molar-refractivity contribution >= 4 is 17.9 Å². The predicted molar refractivity (Wildman–Crippen MR) is 94.6 cm³/mol. The number of benzene rings is 1. The molecular weight excluding hydrogens is 324 g/mol. The van der Waals surface area contributed by atoms with Crippen LogP contribution in [0.5, 0.6) is 5.75 Å². The number of hydrogen-bond acceptors (Lipinski definition) is 4. The number of ether oxygens (including phenoxy) is 1. The lowest BCUT2D eigenvalue weighted by atomic mass is 10.2. The average Bonchev–Trinajstić information content (AvgIpc) is 2.56. The summed E-state index contributed by atoms with van der Waals surface area (Å²) in [6.07, 6.45) is 12.2. The van der Waals surface area contributed by atoms with E-state index in [1.54, 1.807) is 36.4 Å². The average molecular weight is 344 g/mol. The highest BCUT2D eigenvalue weighted by atomic mass is 16.5. The predicted octanol–water partition coefficient (Wildman–Crippen LogP) is 3.63. The molecule has 1 aromatic carbocycles. The fourth-order valence-electron chi connectivity index (χ4n) is 1.37. The highest BCUT2D eigenvalue weighted by Gasteiger charge is 2.11. The fraction of sp³-hybridized carbons (Fsp3) is 0.105. The van der Waals surface area contributed by atoms with E-state index in [1.807, 2.05) is 13.8 Å². The summed E-state index contributed by atoms with van der Waals surface area (Å²) in [5, 5.41) is 16.9. The Morgan fingerprint density at radius 2 is 1.44 bits per heavy atom. The molecule has 6 nitrogen and oxygen atoms in total. The van der Waals surface area contributed by atoms with E-state index in [-0.39, 0.29) is 11.3 Å². The molecule has 0 bridgehead atoms. The molecule has 0 aliphatic carbocycles. The molecule has 0 saturated carbocycles. The fourth-order valence-corrected chi connectivity index (χ4v) is 1.37. The minimum Gasteiger partial charge on any atom is -0.478 e. The summed E-state index contributed by atoms with van der Waals surface area (Å²) < 4.78 is 4.91. The third kappa shape index (κ3) is 10.9. The molecule has 0 amide bonds. The molecule has 0 saturated heterocycles. The first kappa shape index (κ1) is 21.6. The van der Waals surface area contributed by atoms with Crippen LogP contribution in [-0.2, 0) is 9.59 Å². The number of carbonyl (C=O) groups is 3. The minimum absolute atomic E-state index is 0.0372. The minimum atomic E-state index is -1.13. The second kappa shape index (κ2) is 13.1. The van der Waals surface area contributed by atoms with Gasteiger partial charge in [-0.2, -0.15) is 0 Å². The molecule has 0 fully saturated rings. The highest BCUT2D eigenvalue weighted by Crippen LogP contribution is 2.17. The molecule has 0 unspecified atom stereocenters. The number of carbonyl (C=O) groups excluding carboxylic acids is 1. The first-order chi connectivity index (χ1) is 11.9. The van der Waals surface area contributed by atoms with Crippen LogP contribution in [0.15, 0.2) is 72.9 Å². The van der Waals surface area contributed by atoms with Crippen molar-refractivity contribution in [2.75, 3.05) is 0 Å². The van der Waals surface area contributed by atoms with Crippen LogP contribution >= 0.6 is 0 Å². The Labute approximate surface area is 146 Å². The Hall–Kier alpha value is -3.41. The second-order valence-electron chi connectivity index (χ2n) is 4.33. The van der Waals surface area contributed by atoms with Gasteiger partial charge in [0.05, 0.1) is 0 Å². The van der Waals surface area contributed by atoms with E-state index < -0.39 is 17.9 Å². The van der Waals surface area contributed by atoms with Gasteiger partial charge in [-0.05, 0) is 26.0 Å². The summed E-state index contributed by atoms with van der Waals surface area (Å²) >= 11 is 0. The van der Waals surface area contributed by atoms with E-state index in [2.05, 4.69) is 0 Å². The summed E-state index contributed by atoms with van der Waals surface area (Å²) in [4.78, 5) is 31.9. The van der Waals surface area contributed by atoms with Crippen molar-refractivity contribution in [1.82, 2.24) is 0 Å². The Morgan fingerprint density at radius 1 is 0.880 bits per heavy atom. The maximum Gasteiger partial charge on any atom is 0.339 e. The van der Waals surface area contributed by atoms with Crippen molar-refractivity contribution < 1.29 is 29.3 Å². The van der Waals surface area contributed by atoms with Crippen molar-refractivity contribution in [2.24, 2.45) is 0 Å². The van der Waals surface area contributed by atoms with E-state index in [9.17, 15) is 14.4 Å². The molecule has 0 aliphatic rings. The van der Waals surface area contributed by atoms with E-state index in [0.29, 0.717) is 0 Å². The number of esters is 1. The van der Waals surface area contributed by atoms with Gasteiger partial charge in [0.15, 0.2) is 0 Å². The van der Waals surface area contributed by atoms with Gasteiger partial charge in [0, 0.05) is 12.2 Å². The molecule has 0 spiro atoms. The van der Waals surface area contributed by atoms with Gasteiger partial charge < -0.3 is 14.9 Å². The molecule has 6 heteroatoms. The SMILES string of the molecule is CC=CC=CC(=O)O.CC=CC=CC(=O)Oc1ccccc1C(=O)O. The van der Waals surface area contributed by atoms with E-state index >= 15 is 0 Å². The van der Waals surface area contributed by atoms with Gasteiger partial charge in [-0.15, -0.1) is 0 Å². The third-order valence-electron chi connectivity index (χ3n) is 2.41. The molecule has 1 rings (SSSR count). The highest BCUT2D eigenvalue weighted by molar-refractivity contribution is 5.93. The summed E-state index contributed by atoms with van der Waals surface area (Å²) in [6, 6.07) is 5.98. The Morgan fingerprint density at radius 3 is 1.96 bits per heavy atom. The number of allylic oxidation sites excluding steroid dienone is 6. The largest absolute Gasteiger partial charge is 0.478 e. The Kier molecular flexibility index (Phi) is 11.3. The summed E-state index contributed by atoms with van der Waals surface area (Å²) in [6.45, 7) is 3.64. The maximum atomic E-state index is 11.3. The van der Waals surface area contributed by atoms with Gasteiger partial charge in [0.2, 0.25) is 0 Å². The van der Waals surface area contributed by atoms with E-state index in [4.69, 9.17) is 14.9 Å². The van der Waals surface area contributed by atoms with Crippen LogP contribution in [-0.4, -0.2) is 28.1 Å². The molecule has 0 heterocycles. The van der Waals surface area contributed by atoms with Gasteiger partial charge in [0.1, 0.15) is 11.3 Å². The number of rotatable bonds is 6. The molecule has 2 N–H and O–H groups in total. The maximum absolute atomic E-state index is 11.3. The number of aromatic carboxylic acids is 1. The quantitative estimate of drug-likeness (QED) is 0.354. The number of carboxylic acid groups (broad SMARTS) is 2. The number of carboxylic acids is 2. The number of aliphatic carboxylic acids is 1. The van der Waals surface area contributed by atoms with Crippen molar-refractivity contribution in [3.05, 3.63) is 78.4 Å². The van der Waals surface area contributed by atoms with Gasteiger partial charge in [-0.3, -0.25) is 0 Å². The molecule has 25 heavy (non-hydrogen) atoms. The smallest absolute Gasteiger partial charge is 0.339 e. The molecule has 132 valence electrons. The van der Waals surface area contributed by atoms with Crippen LogP contribution in [0.2, 0.25) is 0 Å². The van der Waals surface area contributed by atoms with Gasteiger partial charge in [-0.25, -0.2) is 14.4 Å². The van der Waals surface area contributed by atoms with Gasteiger partial charge in [0.25, 0.3) is 0 Å². The lowest BCUT2D eigenvalue weighted by Crippen LogP contribution is -2.08. The topological polar surface area (TPSA) is 101 Å². The summed E-state index contributed by atoms with van der Waals surface area (Å²) in [5.74, 6) is -2.62. The van der Waals surface area contributed by atoms with Gasteiger partial charge >= 0.3 is 17.9 Å². The zero-order valence-corrected chi connectivity index (χ0v) is 14.0. The van der Waals surface area contributed by atoms with E-state index in [0.717, 1.165) is 6.08 Å². The Bertz CT molecular complexity index is 696. The van der Waals surface area contributed by atoms with Crippen LogP contribution < -0.4 is 4.74 Å². The van der Waals surface area contributed by atoms with Crippen molar-refractivity contribution in [1.29, 1.82) is 0 Å². The lowest BCUT2D eigenvalue weighted by Gasteiger charge is -2.04. The van der Waals surface area contributed by atoms with Crippen molar-refractivity contribution in [3.63, 3.8) is 0 Å². The van der Waals surface area contributed by atoms with Crippen LogP contribution in [0.25, 0.3) is 0 Å². The summed E-state index contributed by atoms with van der Waals surface area (Å²) in [5.41, 5.74) is -0.0414. The summed E-state index contributed by atoms with van der Waals surface area (Å²) in [7, 11) is 0. The number of hydrogen-bond donors (Lipinski definition) is 2. The molecule has 0 aromatic heterocycles. The normalized spacial score (nSPS) is 11.0. The molecule has 0 atom stereocenters. The lowest BCUT2D eigenvalue weighted by molar-refractivity contribution is -0.131. The first-order valence-corrected chi connectivity index (χ1v) is 7.28. The van der Waals surface area contributed by atoms with Crippen molar-refractivity contribution in [2.45, 2.75) is 13.8 Å². The monoisotopic (exact) mass is 344 g/mol. The zero-order valence-electron chi connectivity index (χ0n) is 14.0. The zero-order chi connectivity index (χ0) is 19.1. The molecule has 0 radical (unpaired) electrons. The van der Waals surface area contributed by atoms with E-state index in [1.165, 1.54) is 30.4 Å². The van der Waals surface area contributed by atoms with Crippen molar-refractivity contribution in [3.8, 4) is 5.75 Å². The second-order valence-corrected chi connectivity index (χ2v) is 4.33. The molecule has 0 aliphatic heterocycles. The van der Waals surface area contributed by atoms with Crippen LogP contribution in [0, 0.1) is 0 Å². The van der Waals surface area contributed by atoms with Gasteiger partial charge in [-0.1, -0.05) is 48.6 Å². The third-order valence-corrected chi connectivity index (χ3v) is 2.41. The molecular formula is C19H20O6. The van der Waals surface area contributed by atoms with Crippen LogP contribution in [0.4, 0.5) is 0 Å². The number of para-hydroxylation sites is 1. The standard InChI is InChI=1S/C13H12O4.C6H8O2/c1-2-3-4-9-12(14)17-11-8-6-5-7-10(11)13(15)16;1-2-3-4-5-6(7)8/h2-9H,1H3,(H,15,16);2-5H,1H3,(H,7,8). The Balaban J connectivity index is 0.000000609.